The van der Waals surface area contributed by atoms with Gasteiger partial charge in [-0.05, 0) is 37.6 Å². The van der Waals surface area contributed by atoms with Crippen LogP contribution in [0.4, 0.5) is 0 Å². The first kappa shape index (κ1) is 15.9. The average molecular weight is 321 g/mol. The minimum atomic E-state index is -0.116. The monoisotopic (exact) mass is 321 g/mol. The maximum absolute atomic E-state index is 12.4. The van der Waals surface area contributed by atoms with E-state index >= 15 is 0 Å². The van der Waals surface area contributed by atoms with E-state index in [4.69, 9.17) is 0 Å². The van der Waals surface area contributed by atoms with Gasteiger partial charge in [-0.1, -0.05) is 6.07 Å². The van der Waals surface area contributed by atoms with E-state index in [1.807, 2.05) is 45.2 Å². The van der Waals surface area contributed by atoms with Gasteiger partial charge in [-0.15, -0.1) is 0 Å². The maximum Gasteiger partial charge on any atom is 0.255 e. The fraction of sp³-hybridized carbons (Fsp3) is 0.222. The predicted molar refractivity (Wildman–Crippen MR) is 91.3 cm³/mol. The number of carbonyl (C=O) groups excluding carboxylic acids is 1. The molecule has 0 saturated carbocycles. The lowest BCUT2D eigenvalue weighted by Crippen LogP contribution is -2.24. The first-order chi connectivity index (χ1) is 11.6. The van der Waals surface area contributed by atoms with Crippen molar-refractivity contribution in [1.82, 2.24) is 25.1 Å². The van der Waals surface area contributed by atoms with E-state index in [0.29, 0.717) is 12.1 Å². The third-order valence-electron chi connectivity index (χ3n) is 3.97. The van der Waals surface area contributed by atoms with Gasteiger partial charge in [0.25, 0.3) is 5.91 Å². The Balaban J connectivity index is 1.68. The molecule has 1 amide bonds. The molecular weight excluding hydrogens is 302 g/mol. The Hall–Kier alpha value is -3.02. The molecule has 0 saturated heterocycles. The molecule has 6 heteroatoms. The fourth-order valence-electron chi connectivity index (χ4n) is 2.59. The van der Waals surface area contributed by atoms with Crippen LogP contribution in [0, 0.1) is 13.8 Å². The van der Waals surface area contributed by atoms with Gasteiger partial charge in [0.1, 0.15) is 0 Å². The van der Waals surface area contributed by atoms with Crippen molar-refractivity contribution < 1.29 is 4.79 Å². The zero-order valence-electron chi connectivity index (χ0n) is 13.9. The first-order valence-electron chi connectivity index (χ1n) is 7.70. The summed E-state index contributed by atoms with van der Waals surface area (Å²) in [4.78, 5) is 20.9. The van der Waals surface area contributed by atoms with Gasteiger partial charge in [0.05, 0.1) is 17.0 Å². The topological polar surface area (TPSA) is 72.7 Å². The normalized spacial score (nSPS) is 10.6. The van der Waals surface area contributed by atoms with Gasteiger partial charge < -0.3 is 5.32 Å². The summed E-state index contributed by atoms with van der Waals surface area (Å²) in [7, 11) is 1.83. The van der Waals surface area contributed by atoms with Crippen molar-refractivity contribution in [3.63, 3.8) is 0 Å². The number of aryl methyl sites for hydroxylation is 2. The highest BCUT2D eigenvalue weighted by molar-refractivity contribution is 5.96. The number of hydrogen-bond acceptors (Lipinski definition) is 4. The van der Waals surface area contributed by atoms with Crippen molar-refractivity contribution in [3.05, 3.63) is 65.4 Å². The van der Waals surface area contributed by atoms with Crippen LogP contribution in [0.1, 0.15) is 27.3 Å². The molecule has 6 nitrogen and oxygen atoms in total. The van der Waals surface area contributed by atoms with Crippen LogP contribution in [0.15, 0.2) is 42.9 Å². The number of rotatable bonds is 4. The van der Waals surface area contributed by atoms with Crippen LogP contribution in [-0.2, 0) is 13.6 Å². The third-order valence-corrected chi connectivity index (χ3v) is 3.97. The highest BCUT2D eigenvalue weighted by Gasteiger charge is 2.16. The number of hydrogen-bond donors (Lipinski definition) is 1. The van der Waals surface area contributed by atoms with Crippen LogP contribution in [-0.4, -0.2) is 25.7 Å². The van der Waals surface area contributed by atoms with Crippen LogP contribution in [0.2, 0.25) is 0 Å². The van der Waals surface area contributed by atoms with Crippen molar-refractivity contribution in [2.45, 2.75) is 20.4 Å². The van der Waals surface area contributed by atoms with Gasteiger partial charge in [0, 0.05) is 43.4 Å². The van der Waals surface area contributed by atoms with E-state index in [1.165, 1.54) is 0 Å². The van der Waals surface area contributed by atoms with Gasteiger partial charge in [0.2, 0.25) is 0 Å². The standard InChI is InChI=1S/C18H19N5O/c1-12-17(13(2)23(3)22-12)18(24)21-10-14-6-7-16(20-9-14)15-5-4-8-19-11-15/h4-9,11H,10H2,1-3H3,(H,21,24). The smallest absolute Gasteiger partial charge is 0.255 e. The lowest BCUT2D eigenvalue weighted by Gasteiger charge is -2.07. The van der Waals surface area contributed by atoms with Crippen LogP contribution >= 0.6 is 0 Å². The molecule has 3 aromatic rings. The van der Waals surface area contributed by atoms with E-state index < -0.39 is 0 Å². The van der Waals surface area contributed by atoms with E-state index in [2.05, 4.69) is 20.4 Å². The largest absolute Gasteiger partial charge is 0.348 e. The summed E-state index contributed by atoms with van der Waals surface area (Å²) in [5.41, 5.74) is 4.99. The molecule has 3 heterocycles. The van der Waals surface area contributed by atoms with Crippen molar-refractivity contribution >= 4 is 5.91 Å². The van der Waals surface area contributed by atoms with Crippen molar-refractivity contribution in [2.75, 3.05) is 0 Å². The van der Waals surface area contributed by atoms with E-state index in [0.717, 1.165) is 28.2 Å². The zero-order chi connectivity index (χ0) is 17.1. The highest BCUT2D eigenvalue weighted by atomic mass is 16.1. The van der Waals surface area contributed by atoms with Gasteiger partial charge in [0.15, 0.2) is 0 Å². The molecule has 0 radical (unpaired) electrons. The van der Waals surface area contributed by atoms with Gasteiger partial charge in [-0.3, -0.25) is 19.4 Å². The number of pyridine rings is 2. The Morgan fingerprint density at radius 3 is 2.62 bits per heavy atom. The van der Waals surface area contributed by atoms with E-state index in [9.17, 15) is 4.79 Å². The first-order valence-corrected chi connectivity index (χ1v) is 7.70. The number of amides is 1. The molecule has 0 atom stereocenters. The second-order valence-electron chi connectivity index (χ2n) is 5.65. The molecule has 3 rings (SSSR count). The second kappa shape index (κ2) is 6.62. The number of nitrogens with zero attached hydrogens (tertiary/aromatic N) is 4. The molecule has 0 aliphatic carbocycles. The number of carbonyl (C=O) groups is 1. The molecule has 1 N–H and O–H groups in total. The molecule has 3 aromatic heterocycles. The Kier molecular flexibility index (Phi) is 4.37. The molecular formula is C18H19N5O. The Morgan fingerprint density at radius 2 is 2.04 bits per heavy atom. The minimum absolute atomic E-state index is 0.116. The molecule has 24 heavy (non-hydrogen) atoms. The molecule has 0 bridgehead atoms. The molecule has 122 valence electrons. The summed E-state index contributed by atoms with van der Waals surface area (Å²) >= 11 is 0. The van der Waals surface area contributed by atoms with E-state index in [-0.39, 0.29) is 5.91 Å². The Labute approximate surface area is 140 Å². The number of aromatic nitrogens is 4. The molecule has 0 aliphatic rings. The summed E-state index contributed by atoms with van der Waals surface area (Å²) in [5, 5.41) is 7.19. The number of nitrogens with one attached hydrogen (secondary N) is 1. The predicted octanol–water partition coefficient (Wildman–Crippen LogP) is 2.42. The average Bonchev–Trinajstić information content (AvgIpc) is 2.86. The minimum Gasteiger partial charge on any atom is -0.348 e. The third kappa shape index (κ3) is 3.17. The zero-order valence-corrected chi connectivity index (χ0v) is 13.9. The van der Waals surface area contributed by atoms with Crippen LogP contribution in [0.3, 0.4) is 0 Å². The summed E-state index contributed by atoms with van der Waals surface area (Å²) < 4.78 is 1.72. The highest BCUT2D eigenvalue weighted by Crippen LogP contribution is 2.15. The van der Waals surface area contributed by atoms with Crippen molar-refractivity contribution in [1.29, 1.82) is 0 Å². The van der Waals surface area contributed by atoms with Crippen LogP contribution in [0.25, 0.3) is 11.3 Å². The quantitative estimate of drug-likeness (QED) is 0.801. The van der Waals surface area contributed by atoms with Crippen LogP contribution < -0.4 is 5.32 Å². The lowest BCUT2D eigenvalue weighted by atomic mass is 10.1. The molecule has 0 fully saturated rings. The Bertz CT molecular complexity index is 853. The summed E-state index contributed by atoms with van der Waals surface area (Å²) in [6.45, 7) is 4.15. The molecule has 0 spiro atoms. The summed E-state index contributed by atoms with van der Waals surface area (Å²) in [6, 6.07) is 7.73. The maximum atomic E-state index is 12.4. The lowest BCUT2D eigenvalue weighted by molar-refractivity contribution is 0.0949. The van der Waals surface area contributed by atoms with Gasteiger partial charge in [-0.25, -0.2) is 0 Å². The molecule has 0 unspecified atom stereocenters. The SMILES string of the molecule is Cc1nn(C)c(C)c1C(=O)NCc1ccc(-c2cccnc2)nc1. The Morgan fingerprint density at radius 1 is 1.21 bits per heavy atom. The van der Waals surface area contributed by atoms with Crippen molar-refractivity contribution in [2.24, 2.45) is 7.05 Å². The van der Waals surface area contributed by atoms with Gasteiger partial charge >= 0.3 is 0 Å². The summed E-state index contributed by atoms with van der Waals surface area (Å²) in [6.07, 6.45) is 5.28. The van der Waals surface area contributed by atoms with E-state index in [1.54, 1.807) is 23.3 Å². The van der Waals surface area contributed by atoms with Gasteiger partial charge in [-0.2, -0.15) is 5.10 Å². The van der Waals surface area contributed by atoms with Crippen LogP contribution in [0.5, 0.6) is 0 Å². The molecule has 0 aliphatic heterocycles. The summed E-state index contributed by atoms with van der Waals surface area (Å²) in [5.74, 6) is -0.116. The van der Waals surface area contributed by atoms with Crippen molar-refractivity contribution in [3.8, 4) is 11.3 Å². The fourth-order valence-corrected chi connectivity index (χ4v) is 2.59. The second-order valence-corrected chi connectivity index (χ2v) is 5.65. The molecule has 0 aromatic carbocycles.